The Morgan fingerprint density at radius 1 is 1.22 bits per heavy atom. The van der Waals surface area contributed by atoms with Crippen molar-refractivity contribution in [1.29, 1.82) is 0 Å². The van der Waals surface area contributed by atoms with Crippen molar-refractivity contribution in [1.82, 2.24) is 15.1 Å². The number of aromatic nitrogens is 2. The van der Waals surface area contributed by atoms with Gasteiger partial charge in [-0.15, -0.1) is 0 Å². The Kier molecular flexibility index (Phi) is 5.29. The van der Waals surface area contributed by atoms with Crippen molar-refractivity contribution < 1.29 is 14.7 Å². The van der Waals surface area contributed by atoms with Gasteiger partial charge >= 0.3 is 5.97 Å². The number of carbonyl (C=O) groups is 2. The number of carboxylic acids is 1. The summed E-state index contributed by atoms with van der Waals surface area (Å²) in [5, 5.41) is 18.1. The molecular weight excluding hydrogens is 494 g/mol. The van der Waals surface area contributed by atoms with Crippen molar-refractivity contribution in [3.63, 3.8) is 0 Å². The lowest BCUT2D eigenvalue weighted by atomic mass is 9.50. The first kappa shape index (κ1) is 21.5. The Bertz CT molecular complexity index is 1210. The van der Waals surface area contributed by atoms with Crippen molar-refractivity contribution in [2.45, 2.75) is 44.7 Å². The van der Waals surface area contributed by atoms with Crippen LogP contribution >= 0.6 is 27.5 Å². The molecule has 2 aromatic carbocycles. The summed E-state index contributed by atoms with van der Waals surface area (Å²) in [7, 11) is 0. The molecule has 6 nitrogen and oxygen atoms in total. The molecule has 2 N–H and O–H groups in total. The third-order valence-electron chi connectivity index (χ3n) is 7.02. The number of carbonyl (C=O) groups excluding carboxylic acids is 1. The van der Waals surface area contributed by atoms with Gasteiger partial charge in [0, 0.05) is 20.9 Å². The predicted molar refractivity (Wildman–Crippen MR) is 126 cm³/mol. The fourth-order valence-corrected chi connectivity index (χ4v) is 5.84. The summed E-state index contributed by atoms with van der Waals surface area (Å²) in [6.07, 6.45) is 4.84. The van der Waals surface area contributed by atoms with Crippen LogP contribution in [0.4, 0.5) is 0 Å². The van der Waals surface area contributed by atoms with Gasteiger partial charge in [0.2, 0.25) is 0 Å². The molecule has 1 atom stereocenters. The van der Waals surface area contributed by atoms with E-state index in [2.05, 4.69) is 33.3 Å². The minimum Gasteiger partial charge on any atom is -0.481 e. The zero-order chi connectivity index (χ0) is 22.6. The van der Waals surface area contributed by atoms with Gasteiger partial charge in [-0.2, -0.15) is 5.10 Å². The van der Waals surface area contributed by atoms with E-state index < -0.39 is 5.97 Å². The van der Waals surface area contributed by atoms with Crippen LogP contribution in [0.2, 0.25) is 5.02 Å². The molecule has 2 aliphatic carbocycles. The maximum absolute atomic E-state index is 13.2. The molecular formula is C24H23BrClN3O3. The first-order valence-electron chi connectivity index (χ1n) is 10.7. The summed E-state index contributed by atoms with van der Waals surface area (Å²) >= 11 is 9.79. The monoisotopic (exact) mass is 515 g/mol. The summed E-state index contributed by atoms with van der Waals surface area (Å²) in [5.41, 5.74) is 2.44. The summed E-state index contributed by atoms with van der Waals surface area (Å²) < 4.78 is 2.88. The van der Waals surface area contributed by atoms with Crippen LogP contribution in [0.1, 0.15) is 54.6 Å². The molecule has 3 aromatic rings. The fourth-order valence-electron chi connectivity index (χ4n) is 5.35. The largest absolute Gasteiger partial charge is 0.481 e. The predicted octanol–water partition coefficient (Wildman–Crippen LogP) is 5.43. The molecule has 1 heterocycles. The van der Waals surface area contributed by atoms with E-state index in [1.165, 1.54) is 0 Å². The number of nitrogens with one attached hydrogen (secondary N) is 1. The van der Waals surface area contributed by atoms with Gasteiger partial charge in [0.05, 0.1) is 29.2 Å². The Morgan fingerprint density at radius 2 is 1.91 bits per heavy atom. The second-order valence-electron chi connectivity index (χ2n) is 9.23. The molecule has 5 rings (SSSR count). The van der Waals surface area contributed by atoms with Gasteiger partial charge in [-0.1, -0.05) is 39.7 Å². The van der Waals surface area contributed by atoms with Crippen molar-refractivity contribution in [3.8, 4) is 0 Å². The van der Waals surface area contributed by atoms with Gasteiger partial charge < -0.3 is 10.4 Å². The van der Waals surface area contributed by atoms with E-state index in [9.17, 15) is 9.59 Å². The minimum absolute atomic E-state index is 0.0616. The van der Waals surface area contributed by atoms with E-state index in [1.807, 2.05) is 35.0 Å². The van der Waals surface area contributed by atoms with Gasteiger partial charge in [-0.3, -0.25) is 14.3 Å². The molecule has 2 saturated carbocycles. The zero-order valence-corrected chi connectivity index (χ0v) is 19.9. The third-order valence-corrected chi connectivity index (χ3v) is 7.77. The molecule has 1 amide bonds. The standard InChI is InChI=1S/C24H23BrClN3O3/c1-13(14-2-4-17(25)5-3-14)29-21-15(12-27-29)6-18(26)7-20(21)22(30)28-19-10-24(11-19)8-16(9-24)23(31)32/h2-7,12-13,16,19H,8-11H2,1H3,(H,28,30)(H,31,32). The van der Waals surface area contributed by atoms with Crippen LogP contribution < -0.4 is 5.32 Å². The zero-order valence-electron chi connectivity index (χ0n) is 17.5. The Morgan fingerprint density at radius 3 is 2.56 bits per heavy atom. The molecule has 32 heavy (non-hydrogen) atoms. The van der Waals surface area contributed by atoms with Crippen LogP contribution in [0.5, 0.6) is 0 Å². The Hall–Kier alpha value is -2.38. The summed E-state index contributed by atoms with van der Waals surface area (Å²) in [6.45, 7) is 2.05. The summed E-state index contributed by atoms with van der Waals surface area (Å²) in [5.74, 6) is -1.11. The third kappa shape index (κ3) is 3.71. The molecule has 0 radical (unpaired) electrons. The molecule has 0 saturated heterocycles. The lowest BCUT2D eigenvalue weighted by Gasteiger charge is -2.56. The maximum Gasteiger partial charge on any atom is 0.306 e. The average Bonchev–Trinajstić information content (AvgIpc) is 3.11. The number of rotatable bonds is 5. The molecule has 0 aliphatic heterocycles. The van der Waals surface area contributed by atoms with Gasteiger partial charge in [-0.05, 0) is 67.9 Å². The van der Waals surface area contributed by atoms with Gasteiger partial charge in [0.25, 0.3) is 5.91 Å². The second-order valence-corrected chi connectivity index (χ2v) is 10.6. The average molecular weight is 517 g/mol. The van der Waals surface area contributed by atoms with E-state index in [0.717, 1.165) is 33.8 Å². The minimum atomic E-state index is -0.711. The number of fused-ring (bicyclic) bond motifs is 1. The highest BCUT2D eigenvalue weighted by atomic mass is 79.9. The van der Waals surface area contributed by atoms with Crippen LogP contribution in [-0.2, 0) is 4.79 Å². The van der Waals surface area contributed by atoms with Crippen LogP contribution in [0.3, 0.4) is 0 Å². The molecule has 1 unspecified atom stereocenters. The topological polar surface area (TPSA) is 84.2 Å². The van der Waals surface area contributed by atoms with E-state index >= 15 is 0 Å². The van der Waals surface area contributed by atoms with Crippen LogP contribution in [0, 0.1) is 11.3 Å². The van der Waals surface area contributed by atoms with E-state index in [0.29, 0.717) is 23.4 Å². The highest BCUT2D eigenvalue weighted by Gasteiger charge is 2.55. The maximum atomic E-state index is 13.2. The quantitative estimate of drug-likeness (QED) is 0.473. The van der Waals surface area contributed by atoms with Crippen molar-refractivity contribution >= 4 is 50.3 Å². The van der Waals surface area contributed by atoms with Crippen molar-refractivity contribution in [2.75, 3.05) is 0 Å². The number of halogens is 2. The van der Waals surface area contributed by atoms with Gasteiger partial charge in [-0.25, -0.2) is 0 Å². The second kappa shape index (κ2) is 7.89. The molecule has 1 spiro atoms. The van der Waals surface area contributed by atoms with Crippen molar-refractivity contribution in [2.24, 2.45) is 11.3 Å². The lowest BCUT2D eigenvalue weighted by Crippen LogP contribution is -2.57. The highest BCUT2D eigenvalue weighted by Crippen LogP contribution is 2.58. The molecule has 8 heteroatoms. The number of nitrogens with zero attached hydrogens (tertiary/aromatic N) is 2. The molecule has 1 aromatic heterocycles. The first-order chi connectivity index (χ1) is 15.2. The molecule has 2 fully saturated rings. The van der Waals surface area contributed by atoms with Gasteiger partial charge in [0.1, 0.15) is 0 Å². The first-order valence-corrected chi connectivity index (χ1v) is 11.9. The van der Waals surface area contributed by atoms with E-state index in [-0.39, 0.29) is 29.3 Å². The molecule has 0 bridgehead atoms. The van der Waals surface area contributed by atoms with E-state index in [4.69, 9.17) is 16.7 Å². The number of aliphatic carboxylic acids is 1. The van der Waals surface area contributed by atoms with Crippen LogP contribution in [-0.4, -0.2) is 32.8 Å². The van der Waals surface area contributed by atoms with Crippen LogP contribution in [0.15, 0.2) is 47.1 Å². The normalized spacial score (nSPS) is 25.2. The Labute approximate surface area is 199 Å². The smallest absolute Gasteiger partial charge is 0.306 e. The number of amides is 1. The number of benzene rings is 2. The summed E-state index contributed by atoms with van der Waals surface area (Å²) in [6, 6.07) is 11.6. The SMILES string of the molecule is CC(c1ccc(Br)cc1)n1ncc2cc(Cl)cc(C(=O)NC3CC4(C3)CC(C(=O)O)C4)c21. The fraction of sp³-hybridized carbons (Fsp3) is 0.375. The number of hydrogen-bond donors (Lipinski definition) is 2. The van der Waals surface area contributed by atoms with Gasteiger partial charge in [0.15, 0.2) is 0 Å². The number of carboxylic acid groups (broad SMARTS) is 1. The van der Waals surface area contributed by atoms with Crippen LogP contribution in [0.25, 0.3) is 10.9 Å². The lowest BCUT2D eigenvalue weighted by molar-refractivity contribution is -0.155. The number of hydrogen-bond acceptors (Lipinski definition) is 3. The Balaban J connectivity index is 1.38. The summed E-state index contributed by atoms with van der Waals surface area (Å²) in [4.78, 5) is 24.3. The highest BCUT2D eigenvalue weighted by molar-refractivity contribution is 9.10. The van der Waals surface area contributed by atoms with Crippen molar-refractivity contribution in [3.05, 3.63) is 63.2 Å². The molecule has 2 aliphatic rings. The molecule has 166 valence electrons. The van der Waals surface area contributed by atoms with E-state index in [1.54, 1.807) is 12.3 Å².